The van der Waals surface area contributed by atoms with E-state index in [0.717, 1.165) is 16.5 Å². The Kier molecular flexibility index (Phi) is 3.43. The van der Waals surface area contributed by atoms with Gasteiger partial charge < -0.3 is 0 Å². The molecule has 5 heteroatoms. The minimum atomic E-state index is -0.362. The lowest BCUT2D eigenvalue weighted by atomic mass is 10.1. The molecule has 0 unspecified atom stereocenters. The van der Waals surface area contributed by atoms with Crippen LogP contribution in [0.1, 0.15) is 22.4 Å². The molecule has 0 radical (unpaired) electrons. The molecule has 0 fully saturated rings. The number of aryl methyl sites for hydroxylation is 1. The molecule has 0 aliphatic heterocycles. The molecule has 2 aromatic heterocycles. The van der Waals surface area contributed by atoms with Crippen molar-refractivity contribution in [3.63, 3.8) is 0 Å². The lowest BCUT2D eigenvalue weighted by Crippen LogP contribution is -2.28. The molecule has 1 aromatic carbocycles. The molecule has 5 nitrogen and oxygen atoms in total. The van der Waals surface area contributed by atoms with Crippen molar-refractivity contribution >= 4 is 10.9 Å². The van der Waals surface area contributed by atoms with Gasteiger partial charge in [-0.25, -0.2) is 4.68 Å². The number of fused-ring (bicyclic) bond motifs is 1. The normalized spacial score (nSPS) is 10.6. The summed E-state index contributed by atoms with van der Waals surface area (Å²) in [6.45, 7) is 3.84. The molecule has 3 rings (SSSR count). The summed E-state index contributed by atoms with van der Waals surface area (Å²) in [4.78, 5) is 16.8. The third-order valence-electron chi connectivity index (χ3n) is 3.78. The molecule has 0 spiro atoms. The Bertz CT molecular complexity index is 961. The smallest absolute Gasteiger partial charge is 0.266 e. The molecule has 2 heterocycles. The maximum Gasteiger partial charge on any atom is 0.285 e. The predicted octanol–water partition coefficient (Wildman–Crippen LogP) is 2.33. The zero-order valence-electron chi connectivity index (χ0n) is 12.4. The number of benzene rings is 1. The van der Waals surface area contributed by atoms with Crippen molar-refractivity contribution in [3.8, 4) is 6.07 Å². The van der Waals surface area contributed by atoms with Crippen LogP contribution in [0.2, 0.25) is 0 Å². The van der Waals surface area contributed by atoms with Crippen LogP contribution < -0.4 is 5.56 Å². The van der Waals surface area contributed by atoms with Crippen LogP contribution in [0.5, 0.6) is 0 Å². The van der Waals surface area contributed by atoms with E-state index in [1.54, 1.807) is 20.0 Å². The summed E-state index contributed by atoms with van der Waals surface area (Å²) in [6, 6.07) is 11.7. The Morgan fingerprint density at radius 1 is 1.23 bits per heavy atom. The van der Waals surface area contributed by atoms with Crippen LogP contribution in [-0.4, -0.2) is 14.8 Å². The second-order valence-corrected chi connectivity index (χ2v) is 5.15. The lowest BCUT2D eigenvalue weighted by Gasteiger charge is -2.10. The van der Waals surface area contributed by atoms with E-state index in [2.05, 4.69) is 10.1 Å². The first-order valence-electron chi connectivity index (χ1n) is 6.93. The van der Waals surface area contributed by atoms with Crippen molar-refractivity contribution < 1.29 is 0 Å². The van der Waals surface area contributed by atoms with Gasteiger partial charge in [0.2, 0.25) is 0 Å². The van der Waals surface area contributed by atoms with Gasteiger partial charge in [0.1, 0.15) is 11.6 Å². The van der Waals surface area contributed by atoms with Gasteiger partial charge in [0, 0.05) is 11.6 Å². The van der Waals surface area contributed by atoms with Crippen LogP contribution >= 0.6 is 0 Å². The van der Waals surface area contributed by atoms with E-state index in [-0.39, 0.29) is 11.1 Å². The predicted molar refractivity (Wildman–Crippen MR) is 83.5 cm³/mol. The van der Waals surface area contributed by atoms with E-state index in [1.807, 2.05) is 36.4 Å². The van der Waals surface area contributed by atoms with Gasteiger partial charge >= 0.3 is 0 Å². The molecule has 0 bridgehead atoms. The van der Waals surface area contributed by atoms with Gasteiger partial charge in [-0.3, -0.25) is 9.78 Å². The molecule has 108 valence electrons. The Morgan fingerprint density at radius 2 is 2.00 bits per heavy atom. The Hall–Kier alpha value is -3.00. The number of hydrogen-bond acceptors (Lipinski definition) is 4. The van der Waals surface area contributed by atoms with Crippen molar-refractivity contribution in [3.05, 3.63) is 69.3 Å². The summed E-state index contributed by atoms with van der Waals surface area (Å²) in [5.74, 6) is 0. The number of aromatic nitrogens is 3. The van der Waals surface area contributed by atoms with Gasteiger partial charge in [0.05, 0.1) is 17.8 Å². The average molecular weight is 290 g/mol. The van der Waals surface area contributed by atoms with Crippen LogP contribution in [0.15, 0.2) is 41.3 Å². The average Bonchev–Trinajstić information content (AvgIpc) is 2.53. The molecule has 0 aliphatic rings. The second kappa shape index (κ2) is 5.41. The quantitative estimate of drug-likeness (QED) is 0.726. The summed E-state index contributed by atoms with van der Waals surface area (Å²) in [6.07, 6.45) is 1.73. The Morgan fingerprint density at radius 3 is 2.77 bits per heavy atom. The van der Waals surface area contributed by atoms with Crippen LogP contribution in [0.25, 0.3) is 10.9 Å². The summed E-state index contributed by atoms with van der Waals surface area (Å²) >= 11 is 0. The SMILES string of the molecule is Cc1nn(Cc2cccc3cccnc23)c(=O)c(C#N)c1C. The molecule has 0 saturated heterocycles. The molecule has 0 atom stereocenters. The van der Waals surface area contributed by atoms with Crippen molar-refractivity contribution in [2.24, 2.45) is 0 Å². The van der Waals surface area contributed by atoms with E-state index >= 15 is 0 Å². The Balaban J connectivity index is 2.16. The van der Waals surface area contributed by atoms with Gasteiger partial charge in [0.25, 0.3) is 5.56 Å². The maximum atomic E-state index is 12.4. The first-order valence-corrected chi connectivity index (χ1v) is 6.93. The fourth-order valence-electron chi connectivity index (χ4n) is 2.47. The summed E-state index contributed by atoms with van der Waals surface area (Å²) in [5.41, 5.74) is 2.86. The fourth-order valence-corrected chi connectivity index (χ4v) is 2.47. The number of nitrogens with zero attached hydrogens (tertiary/aromatic N) is 4. The highest BCUT2D eigenvalue weighted by molar-refractivity contribution is 5.81. The second-order valence-electron chi connectivity index (χ2n) is 5.15. The highest BCUT2D eigenvalue weighted by atomic mass is 16.1. The van der Waals surface area contributed by atoms with Gasteiger partial charge in [-0.1, -0.05) is 24.3 Å². The number of pyridine rings is 1. The molecule has 22 heavy (non-hydrogen) atoms. The Labute approximate surface area is 127 Å². The minimum Gasteiger partial charge on any atom is -0.266 e. The van der Waals surface area contributed by atoms with Gasteiger partial charge in [-0.2, -0.15) is 10.4 Å². The molecule has 0 saturated carbocycles. The van der Waals surface area contributed by atoms with E-state index in [9.17, 15) is 10.1 Å². The van der Waals surface area contributed by atoms with E-state index in [1.165, 1.54) is 4.68 Å². The highest BCUT2D eigenvalue weighted by Gasteiger charge is 2.12. The molecule has 0 amide bonds. The first kappa shape index (κ1) is 14.0. The summed E-state index contributed by atoms with van der Waals surface area (Å²) < 4.78 is 1.34. The fraction of sp³-hybridized carbons (Fsp3) is 0.176. The largest absolute Gasteiger partial charge is 0.285 e. The van der Waals surface area contributed by atoms with Crippen molar-refractivity contribution in [1.29, 1.82) is 5.26 Å². The number of rotatable bonds is 2. The topological polar surface area (TPSA) is 71.6 Å². The lowest BCUT2D eigenvalue weighted by molar-refractivity contribution is 0.624. The van der Waals surface area contributed by atoms with Crippen molar-refractivity contribution in [2.45, 2.75) is 20.4 Å². The van der Waals surface area contributed by atoms with Crippen molar-refractivity contribution in [2.75, 3.05) is 0 Å². The molecular formula is C17H14N4O. The zero-order valence-corrected chi connectivity index (χ0v) is 12.4. The number of para-hydroxylation sites is 1. The number of hydrogen-bond donors (Lipinski definition) is 0. The summed E-state index contributed by atoms with van der Waals surface area (Å²) in [5, 5.41) is 14.5. The maximum absolute atomic E-state index is 12.4. The number of nitriles is 1. The van der Waals surface area contributed by atoms with Crippen LogP contribution in [0.4, 0.5) is 0 Å². The third-order valence-corrected chi connectivity index (χ3v) is 3.78. The first-order chi connectivity index (χ1) is 10.6. The van der Waals surface area contributed by atoms with Crippen LogP contribution in [0, 0.1) is 25.2 Å². The molecule has 0 aliphatic carbocycles. The summed E-state index contributed by atoms with van der Waals surface area (Å²) in [7, 11) is 0. The molecule has 0 N–H and O–H groups in total. The highest BCUT2D eigenvalue weighted by Crippen LogP contribution is 2.16. The molecule has 3 aromatic rings. The van der Waals surface area contributed by atoms with Gasteiger partial charge in [-0.15, -0.1) is 0 Å². The minimum absolute atomic E-state index is 0.153. The molecular weight excluding hydrogens is 276 g/mol. The van der Waals surface area contributed by atoms with E-state index < -0.39 is 0 Å². The van der Waals surface area contributed by atoms with Crippen molar-refractivity contribution in [1.82, 2.24) is 14.8 Å². The van der Waals surface area contributed by atoms with E-state index in [0.29, 0.717) is 17.8 Å². The monoisotopic (exact) mass is 290 g/mol. The zero-order chi connectivity index (χ0) is 15.7. The van der Waals surface area contributed by atoms with Crippen LogP contribution in [-0.2, 0) is 6.54 Å². The van der Waals surface area contributed by atoms with Gasteiger partial charge in [0.15, 0.2) is 0 Å². The standard InChI is InChI=1S/C17H14N4O/c1-11-12(2)20-21(17(22)15(11)9-18)10-14-6-3-5-13-7-4-8-19-16(13)14/h3-8H,10H2,1-2H3. The van der Waals surface area contributed by atoms with Crippen LogP contribution in [0.3, 0.4) is 0 Å². The van der Waals surface area contributed by atoms with E-state index in [4.69, 9.17) is 0 Å². The van der Waals surface area contributed by atoms with Gasteiger partial charge in [-0.05, 0) is 31.0 Å². The third kappa shape index (κ3) is 2.25.